The van der Waals surface area contributed by atoms with E-state index < -0.39 is 117 Å². The molecule has 10 aromatic rings. The van der Waals surface area contributed by atoms with Crippen LogP contribution in [0.2, 0.25) is 0 Å². The predicted octanol–water partition coefficient (Wildman–Crippen LogP) is 11.8. The molecule has 0 aliphatic heterocycles. The van der Waals surface area contributed by atoms with E-state index in [0.29, 0.717) is 0 Å². The third kappa shape index (κ3) is 9.15. The van der Waals surface area contributed by atoms with E-state index in [1.54, 1.807) is 0 Å². The van der Waals surface area contributed by atoms with E-state index in [1.165, 1.54) is 72.8 Å². The lowest BCUT2D eigenvalue weighted by Gasteiger charge is -2.18. The van der Waals surface area contributed by atoms with Crippen LogP contribution in [0.25, 0.3) is 74.1 Å². The molecule has 24 nitrogen and oxygen atoms in total. The highest BCUT2D eigenvalue weighted by Crippen LogP contribution is 2.47. The average molecular weight is 1150 g/mol. The molecule has 0 atom stereocenters. The molecule has 0 amide bonds. The second-order valence-electron chi connectivity index (χ2n) is 17.0. The number of aromatic hydroxyl groups is 4. The summed E-state index contributed by atoms with van der Waals surface area (Å²) >= 11 is 0. The first-order valence-corrected chi connectivity index (χ1v) is 28.2. The monoisotopic (exact) mass is 1150 g/mol. The van der Waals surface area contributed by atoms with Crippen LogP contribution in [0.5, 0.6) is 46.0 Å². The molecule has 0 unspecified atom stereocenters. The van der Waals surface area contributed by atoms with Crippen LogP contribution in [-0.2, 0) is 40.5 Å². The molecule has 0 fully saturated rings. The van der Waals surface area contributed by atoms with Gasteiger partial charge in [0.25, 0.3) is 0 Å². The van der Waals surface area contributed by atoms with Gasteiger partial charge in [-0.3, -0.25) is 0 Å². The first kappa shape index (κ1) is 52.6. The SMILES string of the molecule is N#[N+]c1ccc2c(S(=O)(=O)Oc3ccc(-c4ccc(OS(=O)(=O)c5cccc6c(O)c([N+]#N)ccc56)cc4OS(=O)(=O)c4cccc5c(O)c([N+]#N)ccc45)c(OS(=O)(=O)c4cccc5c(O)c([N+]#N)ccc45)c3)cccc2c1O. The van der Waals surface area contributed by atoms with E-state index in [1.807, 2.05) is 0 Å². The van der Waals surface area contributed by atoms with Crippen LogP contribution in [0.3, 0.4) is 0 Å². The summed E-state index contributed by atoms with van der Waals surface area (Å²) in [5, 5.41) is 79.8. The van der Waals surface area contributed by atoms with Crippen LogP contribution < -0.4 is 16.7 Å². The largest absolute Gasteiger partial charge is 0.501 e. The average Bonchev–Trinajstić information content (AvgIpc) is 3.58. The molecule has 4 N–H and O–H groups in total. The number of hydrogen-bond donors (Lipinski definition) is 4. The van der Waals surface area contributed by atoms with E-state index in [0.717, 1.165) is 84.9 Å². The molecule has 0 saturated heterocycles. The number of diazo groups is 4. The van der Waals surface area contributed by atoms with Gasteiger partial charge in [-0.2, -0.15) is 33.7 Å². The van der Waals surface area contributed by atoms with Crippen molar-refractivity contribution >= 4 is 106 Å². The second kappa shape index (κ2) is 19.6. The van der Waals surface area contributed by atoms with Crippen LogP contribution in [-0.4, -0.2) is 54.1 Å². The van der Waals surface area contributed by atoms with Gasteiger partial charge in [-0.1, -0.05) is 48.5 Å². The van der Waals surface area contributed by atoms with Gasteiger partial charge in [-0.15, -0.1) is 0 Å². The molecule has 28 heteroatoms. The van der Waals surface area contributed by atoms with Gasteiger partial charge in [0.05, 0.1) is 0 Å². The molecule has 0 bridgehead atoms. The number of nitrogens with zero attached hydrogens (tertiary/aromatic N) is 8. The first-order chi connectivity index (χ1) is 38.1. The molecule has 394 valence electrons. The Morgan fingerprint density at radius 1 is 0.300 bits per heavy atom. The minimum Gasteiger partial charge on any atom is -0.501 e. The smallest absolute Gasteiger partial charge is 0.426 e. The molecule has 0 heterocycles. The Hall–Kier alpha value is -10.9. The van der Waals surface area contributed by atoms with Gasteiger partial charge in [0.2, 0.25) is 44.6 Å². The lowest BCUT2D eigenvalue weighted by molar-refractivity contribution is 0.471. The summed E-state index contributed by atoms with van der Waals surface area (Å²) in [6.45, 7) is 0. The van der Waals surface area contributed by atoms with E-state index in [-0.39, 0.29) is 65.8 Å². The minimum absolute atomic E-state index is 0.0749. The zero-order valence-electron chi connectivity index (χ0n) is 39.9. The molecule has 0 aliphatic rings. The van der Waals surface area contributed by atoms with Gasteiger partial charge in [-0.05, 0) is 72.8 Å². The number of fused-ring (bicyclic) bond motifs is 4. The normalized spacial score (nSPS) is 11.8. The maximum absolute atomic E-state index is 14.6. The highest BCUT2D eigenvalue weighted by Gasteiger charge is 2.32. The molecular formula is C52H30N8O16S4+4. The maximum atomic E-state index is 14.6. The standard InChI is InChI=1S/C52H26N8O16S4/c53-57-39-21-17-31-35(49(39)61)5-1-9-45(31)77(65,66)73-27-13-15-29(43(25-27)75-79(69,70)47-11-3-7-37-33(47)19-23-41(59-55)51(37)63)30-16-14-28(74-78(67,68)46-10-2-6-36-32(46)18-22-40(58-54)50(36)62)26-44(30)76-80(71,72)48-12-4-8-38-34(48)20-24-42(60-56)52(38)64/h1-26H/p+4. The third-order valence-electron chi connectivity index (χ3n) is 12.4. The molecule has 80 heavy (non-hydrogen) atoms. The highest BCUT2D eigenvalue weighted by atomic mass is 32.2. The molecular weight excluding hydrogens is 1120 g/mol. The molecule has 10 rings (SSSR count). The third-order valence-corrected chi connectivity index (χ3v) is 17.6. The van der Waals surface area contributed by atoms with E-state index in [2.05, 4.69) is 19.9 Å². The lowest BCUT2D eigenvalue weighted by atomic mass is 10.0. The topological polar surface area (TPSA) is 367 Å². The van der Waals surface area contributed by atoms with Crippen molar-refractivity contribution in [3.63, 3.8) is 0 Å². The van der Waals surface area contributed by atoms with Crippen molar-refractivity contribution in [2.45, 2.75) is 19.6 Å². The van der Waals surface area contributed by atoms with E-state index in [4.69, 9.17) is 16.7 Å². The number of hydrogen-bond acceptors (Lipinski definition) is 20. The van der Waals surface area contributed by atoms with Gasteiger partial charge >= 0.3 is 63.2 Å². The summed E-state index contributed by atoms with van der Waals surface area (Å²) in [6, 6.07) is 29.5. The fraction of sp³-hybridized carbons (Fsp3) is 0. The van der Waals surface area contributed by atoms with Gasteiger partial charge in [0.1, 0.15) is 31.1 Å². The van der Waals surface area contributed by atoms with Gasteiger partial charge in [0.15, 0.2) is 31.4 Å². The Kier molecular flexibility index (Phi) is 12.9. The predicted molar refractivity (Wildman–Crippen MR) is 285 cm³/mol. The first-order valence-electron chi connectivity index (χ1n) is 22.6. The molecule has 0 saturated carbocycles. The van der Waals surface area contributed by atoms with E-state index in [9.17, 15) is 75.7 Å². The fourth-order valence-corrected chi connectivity index (χ4v) is 13.4. The van der Waals surface area contributed by atoms with Gasteiger partial charge in [-0.25, -0.2) is 0 Å². The number of benzene rings is 10. The second-order valence-corrected chi connectivity index (χ2v) is 23.1. The van der Waals surface area contributed by atoms with Crippen LogP contribution in [0.1, 0.15) is 0 Å². The molecule has 10 aromatic carbocycles. The van der Waals surface area contributed by atoms with Gasteiger partial charge < -0.3 is 37.2 Å². The van der Waals surface area contributed by atoms with Crippen LogP contribution in [0, 0.1) is 21.6 Å². The van der Waals surface area contributed by atoms with Crippen LogP contribution in [0.15, 0.2) is 177 Å². The molecule has 0 spiro atoms. The van der Waals surface area contributed by atoms with Crippen molar-refractivity contribution in [3.8, 4) is 57.1 Å². The fourth-order valence-electron chi connectivity index (χ4n) is 8.76. The Labute approximate surface area is 450 Å². The zero-order valence-corrected chi connectivity index (χ0v) is 43.2. The Balaban J connectivity index is 1.16. The Morgan fingerprint density at radius 3 is 0.800 bits per heavy atom. The van der Waals surface area contributed by atoms with Crippen LogP contribution >= 0.6 is 0 Å². The zero-order chi connectivity index (χ0) is 57.1. The number of phenols is 4. The van der Waals surface area contributed by atoms with Crippen molar-refractivity contribution in [1.82, 2.24) is 0 Å². The van der Waals surface area contributed by atoms with Crippen LogP contribution in [0.4, 0.5) is 22.7 Å². The Morgan fingerprint density at radius 2 is 0.550 bits per heavy atom. The van der Waals surface area contributed by atoms with Crippen molar-refractivity contribution in [2.24, 2.45) is 0 Å². The quantitative estimate of drug-likeness (QED) is 0.0615. The van der Waals surface area contributed by atoms with E-state index >= 15 is 0 Å². The summed E-state index contributed by atoms with van der Waals surface area (Å²) < 4.78 is 138. The summed E-state index contributed by atoms with van der Waals surface area (Å²) in [5.74, 6) is -5.33. The van der Waals surface area contributed by atoms with Crippen molar-refractivity contribution in [2.75, 3.05) is 0 Å². The summed E-state index contributed by atoms with van der Waals surface area (Å²) in [7, 11) is -20.3. The van der Waals surface area contributed by atoms with Gasteiger partial charge in [0, 0.05) is 90.6 Å². The molecule has 0 aromatic heterocycles. The van der Waals surface area contributed by atoms with Crippen molar-refractivity contribution in [1.29, 1.82) is 21.6 Å². The number of phenolic OH excluding ortho intramolecular Hbond substituents is 4. The summed E-state index contributed by atoms with van der Waals surface area (Å²) in [5.41, 5.74) is -2.08. The molecule has 0 aliphatic carbocycles. The summed E-state index contributed by atoms with van der Waals surface area (Å²) in [4.78, 5) is 9.67. The van der Waals surface area contributed by atoms with Crippen molar-refractivity contribution in [3.05, 3.63) is 178 Å². The number of rotatable bonds is 13. The molecule has 0 radical (unpaired) electrons. The Bertz CT molecular complexity index is 4720. The highest BCUT2D eigenvalue weighted by molar-refractivity contribution is 7.88. The maximum Gasteiger partial charge on any atom is 0.426 e. The summed E-state index contributed by atoms with van der Waals surface area (Å²) in [6.07, 6.45) is 0. The van der Waals surface area contributed by atoms with Crippen molar-refractivity contribution < 1.29 is 70.8 Å². The minimum atomic E-state index is -5.19. The lowest BCUT2D eigenvalue weighted by Crippen LogP contribution is -2.14.